The lowest BCUT2D eigenvalue weighted by Gasteiger charge is -2.35. The Labute approximate surface area is 141 Å². The number of amides is 1. The molecule has 0 radical (unpaired) electrons. The number of piperidine rings is 1. The molecule has 2 aliphatic rings. The molecule has 2 aliphatic heterocycles. The molecule has 1 amide bonds. The van der Waals surface area contributed by atoms with Crippen LogP contribution in [0.3, 0.4) is 0 Å². The smallest absolute Gasteiger partial charge is 0.270 e. The summed E-state index contributed by atoms with van der Waals surface area (Å²) in [7, 11) is 0. The Morgan fingerprint density at radius 2 is 1.92 bits per heavy atom. The summed E-state index contributed by atoms with van der Waals surface area (Å²) in [4.78, 5) is 27.5. The van der Waals surface area contributed by atoms with Crippen LogP contribution in [0, 0.1) is 6.92 Å². The maximum absolute atomic E-state index is 12.1. The van der Waals surface area contributed by atoms with Crippen LogP contribution in [0.15, 0.2) is 24.5 Å². The molecule has 4 rings (SSSR count). The van der Waals surface area contributed by atoms with Gasteiger partial charge in [0.1, 0.15) is 17.3 Å². The number of aryl methyl sites for hydroxylation is 1. The van der Waals surface area contributed by atoms with E-state index in [1.807, 2.05) is 19.3 Å². The second-order valence-electron chi connectivity index (χ2n) is 6.47. The van der Waals surface area contributed by atoms with Crippen molar-refractivity contribution in [2.24, 2.45) is 0 Å². The lowest BCUT2D eigenvalue weighted by molar-refractivity contribution is 0.0940. The van der Waals surface area contributed by atoms with Gasteiger partial charge in [-0.2, -0.15) is 0 Å². The summed E-state index contributed by atoms with van der Waals surface area (Å²) in [5.74, 6) is 2.12. The first-order valence-corrected chi connectivity index (χ1v) is 8.53. The van der Waals surface area contributed by atoms with Crippen molar-refractivity contribution >= 4 is 11.7 Å². The minimum Gasteiger partial charge on any atom is -0.356 e. The Hall–Kier alpha value is -2.50. The molecular weight excluding hydrogens is 302 g/mol. The highest BCUT2D eigenvalue weighted by atomic mass is 16.1. The van der Waals surface area contributed by atoms with E-state index < -0.39 is 0 Å². The van der Waals surface area contributed by atoms with Crippen LogP contribution in [0.2, 0.25) is 0 Å². The van der Waals surface area contributed by atoms with Crippen molar-refractivity contribution < 1.29 is 4.79 Å². The Morgan fingerprint density at radius 1 is 1.17 bits per heavy atom. The molecule has 6 heteroatoms. The third kappa shape index (κ3) is 2.72. The Morgan fingerprint density at radius 3 is 2.67 bits per heavy atom. The molecule has 0 unspecified atom stereocenters. The largest absolute Gasteiger partial charge is 0.356 e. The van der Waals surface area contributed by atoms with Crippen LogP contribution in [-0.4, -0.2) is 40.5 Å². The molecule has 2 aromatic heterocycles. The van der Waals surface area contributed by atoms with Crippen LogP contribution >= 0.6 is 0 Å². The van der Waals surface area contributed by atoms with E-state index in [-0.39, 0.29) is 5.91 Å². The molecular formula is C18H21N5O. The fraction of sp³-hybridized carbons (Fsp3) is 0.444. The molecule has 2 aromatic rings. The molecule has 0 saturated carbocycles. The summed E-state index contributed by atoms with van der Waals surface area (Å²) < 4.78 is 0. The monoisotopic (exact) mass is 323 g/mol. The highest BCUT2D eigenvalue weighted by Crippen LogP contribution is 2.32. The normalized spacial score (nSPS) is 18.2. The number of hydrogen-bond acceptors (Lipinski definition) is 5. The van der Waals surface area contributed by atoms with Crippen LogP contribution in [0.4, 0.5) is 5.82 Å². The van der Waals surface area contributed by atoms with Gasteiger partial charge in [0.15, 0.2) is 0 Å². The van der Waals surface area contributed by atoms with Gasteiger partial charge in [0.05, 0.1) is 0 Å². The summed E-state index contributed by atoms with van der Waals surface area (Å²) >= 11 is 0. The van der Waals surface area contributed by atoms with Gasteiger partial charge >= 0.3 is 0 Å². The number of nitrogens with one attached hydrogen (secondary N) is 1. The number of carbonyl (C=O) groups is 1. The molecule has 124 valence electrons. The number of aromatic nitrogens is 3. The summed E-state index contributed by atoms with van der Waals surface area (Å²) in [5, 5.41) is 2.87. The molecule has 24 heavy (non-hydrogen) atoms. The van der Waals surface area contributed by atoms with Crippen molar-refractivity contribution in [1.82, 2.24) is 20.3 Å². The van der Waals surface area contributed by atoms with E-state index in [2.05, 4.69) is 37.3 Å². The quantitative estimate of drug-likeness (QED) is 0.913. The van der Waals surface area contributed by atoms with Gasteiger partial charge in [0.25, 0.3) is 5.91 Å². The minimum atomic E-state index is -0.0744. The number of rotatable bonds is 2. The highest BCUT2D eigenvalue weighted by Gasteiger charge is 2.28. The fourth-order valence-electron chi connectivity index (χ4n) is 3.71. The van der Waals surface area contributed by atoms with Crippen LogP contribution in [-0.2, 0) is 6.42 Å². The zero-order chi connectivity index (χ0) is 16.5. The average molecular weight is 323 g/mol. The second-order valence-corrected chi connectivity index (χ2v) is 6.47. The number of nitrogens with zero attached hydrogens (tertiary/aromatic N) is 4. The number of carbonyl (C=O) groups excluding carboxylic acids is 1. The molecule has 4 heterocycles. The maximum atomic E-state index is 12.1. The summed E-state index contributed by atoms with van der Waals surface area (Å²) in [5.41, 5.74) is 2.93. The van der Waals surface area contributed by atoms with E-state index in [4.69, 9.17) is 0 Å². The molecule has 1 fully saturated rings. The first kappa shape index (κ1) is 15.1. The topological polar surface area (TPSA) is 71.0 Å². The molecule has 0 bridgehead atoms. The standard InChI is InChI=1S/C18H21N5O/c1-12-21-16-15(4-9-20-18(16)24)17(22-12)23-10-5-14(6-11-23)13-2-7-19-8-3-13/h2-3,7-8,14H,4-6,9-11H2,1H3,(H,20,24). The van der Waals surface area contributed by atoms with E-state index in [0.717, 1.165) is 43.7 Å². The van der Waals surface area contributed by atoms with Crippen molar-refractivity contribution in [2.45, 2.75) is 32.1 Å². The predicted molar refractivity (Wildman–Crippen MR) is 91.2 cm³/mol. The minimum absolute atomic E-state index is 0.0744. The van der Waals surface area contributed by atoms with Crippen LogP contribution < -0.4 is 10.2 Å². The Kier molecular flexibility index (Phi) is 3.88. The second kappa shape index (κ2) is 6.19. The van der Waals surface area contributed by atoms with Crippen molar-refractivity contribution in [3.05, 3.63) is 47.2 Å². The van der Waals surface area contributed by atoms with Gasteiger partial charge in [0.2, 0.25) is 0 Å². The van der Waals surface area contributed by atoms with Crippen LogP contribution in [0.5, 0.6) is 0 Å². The fourth-order valence-corrected chi connectivity index (χ4v) is 3.71. The van der Waals surface area contributed by atoms with Gasteiger partial charge < -0.3 is 10.2 Å². The first-order valence-electron chi connectivity index (χ1n) is 8.53. The number of pyridine rings is 1. The lowest BCUT2D eigenvalue weighted by Crippen LogP contribution is -2.38. The molecule has 0 spiro atoms. The third-order valence-corrected chi connectivity index (χ3v) is 4.94. The van der Waals surface area contributed by atoms with Crippen molar-refractivity contribution in [2.75, 3.05) is 24.5 Å². The van der Waals surface area contributed by atoms with Crippen LogP contribution in [0.1, 0.15) is 46.2 Å². The molecule has 0 atom stereocenters. The molecule has 0 aliphatic carbocycles. The zero-order valence-corrected chi connectivity index (χ0v) is 13.8. The third-order valence-electron chi connectivity index (χ3n) is 4.94. The van der Waals surface area contributed by atoms with E-state index in [1.165, 1.54) is 5.56 Å². The Balaban J connectivity index is 1.57. The maximum Gasteiger partial charge on any atom is 0.270 e. The van der Waals surface area contributed by atoms with E-state index in [9.17, 15) is 4.79 Å². The summed E-state index contributed by atoms with van der Waals surface area (Å²) in [6.07, 6.45) is 6.72. The van der Waals surface area contributed by atoms with E-state index >= 15 is 0 Å². The van der Waals surface area contributed by atoms with Gasteiger partial charge in [0, 0.05) is 37.6 Å². The van der Waals surface area contributed by atoms with Crippen molar-refractivity contribution in [3.63, 3.8) is 0 Å². The number of hydrogen-bond donors (Lipinski definition) is 1. The average Bonchev–Trinajstić information content (AvgIpc) is 2.63. The molecule has 6 nitrogen and oxygen atoms in total. The van der Waals surface area contributed by atoms with Gasteiger partial charge in [-0.1, -0.05) is 0 Å². The van der Waals surface area contributed by atoms with Gasteiger partial charge in [-0.25, -0.2) is 9.97 Å². The van der Waals surface area contributed by atoms with E-state index in [0.29, 0.717) is 24.0 Å². The lowest BCUT2D eigenvalue weighted by atomic mass is 9.90. The summed E-state index contributed by atoms with van der Waals surface area (Å²) in [6, 6.07) is 4.22. The van der Waals surface area contributed by atoms with Crippen molar-refractivity contribution in [1.29, 1.82) is 0 Å². The SMILES string of the molecule is Cc1nc2c(c(N3CCC(c4ccncc4)CC3)n1)CCNC2=O. The van der Waals surface area contributed by atoms with E-state index in [1.54, 1.807) is 0 Å². The van der Waals surface area contributed by atoms with Gasteiger partial charge in [-0.3, -0.25) is 9.78 Å². The molecule has 0 aromatic carbocycles. The molecule has 1 N–H and O–H groups in total. The zero-order valence-electron chi connectivity index (χ0n) is 13.8. The summed E-state index contributed by atoms with van der Waals surface area (Å²) in [6.45, 7) is 4.43. The molecule has 1 saturated heterocycles. The predicted octanol–water partition coefficient (Wildman–Crippen LogP) is 1.85. The first-order chi connectivity index (χ1) is 11.7. The van der Waals surface area contributed by atoms with Crippen molar-refractivity contribution in [3.8, 4) is 0 Å². The highest BCUT2D eigenvalue weighted by molar-refractivity contribution is 5.96. The Bertz CT molecular complexity index is 754. The van der Waals surface area contributed by atoms with Crippen LogP contribution in [0.25, 0.3) is 0 Å². The van der Waals surface area contributed by atoms with Gasteiger partial charge in [-0.05, 0) is 49.8 Å². The number of anilines is 1. The van der Waals surface area contributed by atoms with Gasteiger partial charge in [-0.15, -0.1) is 0 Å². The number of fused-ring (bicyclic) bond motifs is 1.